The van der Waals surface area contributed by atoms with E-state index in [0.717, 1.165) is 29.0 Å². The smallest absolute Gasteiger partial charge is 0.326 e. The van der Waals surface area contributed by atoms with Crippen molar-refractivity contribution in [1.82, 2.24) is 0 Å². The van der Waals surface area contributed by atoms with E-state index in [2.05, 4.69) is 0 Å². The Kier molecular flexibility index (Phi) is 5.63. The first kappa shape index (κ1) is 20.7. The van der Waals surface area contributed by atoms with Gasteiger partial charge in [0.1, 0.15) is 6.04 Å². The van der Waals surface area contributed by atoms with Crippen molar-refractivity contribution in [2.24, 2.45) is 5.92 Å². The second kappa shape index (κ2) is 8.16. The first-order chi connectivity index (χ1) is 14.2. The second-order valence-electron chi connectivity index (χ2n) is 7.15. The summed E-state index contributed by atoms with van der Waals surface area (Å²) in [5, 5.41) is 34.4. The van der Waals surface area contributed by atoms with Crippen LogP contribution in [0.1, 0.15) is 13.8 Å². The van der Waals surface area contributed by atoms with Crippen LogP contribution < -0.4 is 4.90 Å². The maximum absolute atomic E-state index is 12.1. The number of benzene rings is 3. The second-order valence-corrected chi connectivity index (χ2v) is 7.15. The Labute approximate surface area is 171 Å². The predicted octanol–water partition coefficient (Wildman–Crippen LogP) is 4.90. The number of hydrogen-bond donors (Lipinski definition) is 1. The molecule has 154 valence electrons. The lowest BCUT2D eigenvalue weighted by Crippen LogP contribution is -2.42. The molecular weight excluding hydrogens is 390 g/mol. The Hall–Kier alpha value is -4.01. The normalized spacial score (nSPS) is 12.0. The number of aliphatic carboxylic acids is 1. The van der Waals surface area contributed by atoms with E-state index >= 15 is 0 Å². The summed E-state index contributed by atoms with van der Waals surface area (Å²) in [7, 11) is 0. The molecule has 9 nitrogen and oxygen atoms in total. The minimum Gasteiger partial charge on any atom is -0.480 e. The fraction of sp³-hybridized carbons (Fsp3) is 0.190. The quantitative estimate of drug-likeness (QED) is 0.434. The van der Waals surface area contributed by atoms with Gasteiger partial charge in [0.2, 0.25) is 0 Å². The van der Waals surface area contributed by atoms with Gasteiger partial charge in [0.15, 0.2) is 0 Å². The van der Waals surface area contributed by atoms with Crippen molar-refractivity contribution in [3.05, 3.63) is 80.9 Å². The van der Waals surface area contributed by atoms with Crippen molar-refractivity contribution >= 4 is 39.5 Å². The van der Waals surface area contributed by atoms with Gasteiger partial charge in [-0.2, -0.15) is 0 Å². The highest BCUT2D eigenvalue weighted by atomic mass is 16.6. The molecule has 0 amide bonds. The zero-order chi connectivity index (χ0) is 22.0. The fourth-order valence-electron chi connectivity index (χ4n) is 3.42. The average molecular weight is 409 g/mol. The summed E-state index contributed by atoms with van der Waals surface area (Å²) in [6.07, 6.45) is 0. The third-order valence-electron chi connectivity index (χ3n) is 4.76. The average Bonchev–Trinajstić information content (AvgIpc) is 2.70. The third-order valence-corrected chi connectivity index (χ3v) is 4.76. The molecule has 0 aliphatic rings. The molecule has 3 aromatic carbocycles. The molecule has 0 aliphatic heterocycles. The van der Waals surface area contributed by atoms with Crippen LogP contribution in [0.25, 0.3) is 10.8 Å². The molecule has 0 radical (unpaired) electrons. The van der Waals surface area contributed by atoms with Crippen LogP contribution in [0.15, 0.2) is 60.7 Å². The van der Waals surface area contributed by atoms with E-state index < -0.39 is 39.2 Å². The molecule has 0 saturated carbocycles. The first-order valence-electron chi connectivity index (χ1n) is 9.13. The SMILES string of the molecule is CC(C)[C@@H](C(=O)O)N(c1cc([N+](=O)[O-])cc([N+](=O)[O-])c1)c1ccc2ccccc2c1. The molecular formula is C21H19N3O6. The van der Waals surface area contributed by atoms with Crippen LogP contribution in [0.3, 0.4) is 0 Å². The summed E-state index contributed by atoms with van der Waals surface area (Å²) in [4.78, 5) is 34.7. The number of nitro groups is 2. The topological polar surface area (TPSA) is 127 Å². The van der Waals surface area contributed by atoms with Crippen molar-refractivity contribution in [3.63, 3.8) is 0 Å². The van der Waals surface area contributed by atoms with E-state index in [-0.39, 0.29) is 5.69 Å². The minimum atomic E-state index is -1.15. The number of carboxylic acid groups (broad SMARTS) is 1. The lowest BCUT2D eigenvalue weighted by Gasteiger charge is -2.33. The van der Waals surface area contributed by atoms with E-state index in [1.807, 2.05) is 30.3 Å². The van der Waals surface area contributed by atoms with Crippen LogP contribution in [-0.4, -0.2) is 27.0 Å². The van der Waals surface area contributed by atoms with Crippen molar-refractivity contribution < 1.29 is 19.7 Å². The van der Waals surface area contributed by atoms with Crippen LogP contribution >= 0.6 is 0 Å². The molecule has 0 aromatic heterocycles. The third kappa shape index (κ3) is 4.04. The molecule has 0 aliphatic carbocycles. The molecule has 0 spiro atoms. The van der Waals surface area contributed by atoms with Gasteiger partial charge < -0.3 is 10.0 Å². The molecule has 30 heavy (non-hydrogen) atoms. The minimum absolute atomic E-state index is 0.0623. The Balaban J connectivity index is 2.30. The summed E-state index contributed by atoms with van der Waals surface area (Å²) in [6, 6.07) is 14.8. The van der Waals surface area contributed by atoms with Gasteiger partial charge in [-0.05, 0) is 28.8 Å². The van der Waals surface area contributed by atoms with E-state index in [0.29, 0.717) is 5.69 Å². The van der Waals surface area contributed by atoms with Gasteiger partial charge in [0, 0.05) is 17.8 Å². The number of hydrogen-bond acceptors (Lipinski definition) is 6. The van der Waals surface area contributed by atoms with Gasteiger partial charge in [-0.25, -0.2) is 4.79 Å². The molecule has 1 atom stereocenters. The number of carboxylic acids is 1. The Bertz CT molecular complexity index is 1110. The molecule has 3 rings (SSSR count). The number of carbonyl (C=O) groups is 1. The van der Waals surface area contributed by atoms with Crippen LogP contribution in [0, 0.1) is 26.1 Å². The van der Waals surface area contributed by atoms with Crippen LogP contribution in [0.2, 0.25) is 0 Å². The number of fused-ring (bicyclic) bond motifs is 1. The lowest BCUT2D eigenvalue weighted by molar-refractivity contribution is -0.394. The molecule has 0 fully saturated rings. The number of rotatable bonds is 7. The van der Waals surface area contributed by atoms with E-state index in [4.69, 9.17) is 0 Å². The van der Waals surface area contributed by atoms with Crippen molar-refractivity contribution in [3.8, 4) is 0 Å². The summed E-state index contributed by atoms with van der Waals surface area (Å²) in [5.74, 6) is -1.54. The fourth-order valence-corrected chi connectivity index (χ4v) is 3.42. The molecule has 0 heterocycles. The number of nitrogens with zero attached hydrogens (tertiary/aromatic N) is 3. The maximum atomic E-state index is 12.1. The number of anilines is 2. The van der Waals surface area contributed by atoms with Gasteiger partial charge in [-0.3, -0.25) is 20.2 Å². The Morgan fingerprint density at radius 2 is 1.43 bits per heavy atom. The van der Waals surface area contributed by atoms with Gasteiger partial charge in [-0.15, -0.1) is 0 Å². The summed E-state index contributed by atoms with van der Waals surface area (Å²) >= 11 is 0. The highest BCUT2D eigenvalue weighted by Gasteiger charge is 2.32. The molecule has 3 aromatic rings. The highest BCUT2D eigenvalue weighted by molar-refractivity contribution is 5.90. The first-order valence-corrected chi connectivity index (χ1v) is 9.13. The predicted molar refractivity (Wildman–Crippen MR) is 112 cm³/mol. The molecule has 0 unspecified atom stereocenters. The molecule has 9 heteroatoms. The van der Waals surface area contributed by atoms with Crippen molar-refractivity contribution in [2.45, 2.75) is 19.9 Å². The van der Waals surface area contributed by atoms with Crippen LogP contribution in [0.5, 0.6) is 0 Å². The van der Waals surface area contributed by atoms with Gasteiger partial charge in [0.25, 0.3) is 11.4 Å². The van der Waals surface area contributed by atoms with E-state index in [1.165, 1.54) is 4.90 Å². The largest absolute Gasteiger partial charge is 0.480 e. The highest BCUT2D eigenvalue weighted by Crippen LogP contribution is 2.37. The zero-order valence-corrected chi connectivity index (χ0v) is 16.3. The number of nitro benzene ring substituents is 2. The molecule has 1 N–H and O–H groups in total. The van der Waals surface area contributed by atoms with Gasteiger partial charge in [-0.1, -0.05) is 44.2 Å². The lowest BCUT2D eigenvalue weighted by atomic mass is 9.99. The summed E-state index contributed by atoms with van der Waals surface area (Å²) in [5.41, 5.74) is -0.451. The summed E-state index contributed by atoms with van der Waals surface area (Å²) in [6.45, 7) is 3.41. The van der Waals surface area contributed by atoms with Crippen LogP contribution in [0.4, 0.5) is 22.7 Å². The molecule has 0 saturated heterocycles. The standard InChI is InChI=1S/C21H19N3O6/c1-13(2)20(21(25)26)22(16-8-7-14-5-3-4-6-15(14)9-16)17-10-18(23(27)28)12-19(11-17)24(29)30/h3-13,20H,1-2H3,(H,25,26)/t20-/m0/s1. The zero-order valence-electron chi connectivity index (χ0n) is 16.3. The van der Waals surface area contributed by atoms with Crippen LogP contribution in [-0.2, 0) is 4.79 Å². The van der Waals surface area contributed by atoms with Crippen molar-refractivity contribution in [2.75, 3.05) is 4.90 Å². The van der Waals surface area contributed by atoms with Gasteiger partial charge >= 0.3 is 5.97 Å². The maximum Gasteiger partial charge on any atom is 0.326 e. The van der Waals surface area contributed by atoms with Crippen molar-refractivity contribution in [1.29, 1.82) is 0 Å². The number of non-ortho nitro benzene ring substituents is 2. The van der Waals surface area contributed by atoms with E-state index in [1.54, 1.807) is 26.0 Å². The summed E-state index contributed by atoms with van der Waals surface area (Å²) < 4.78 is 0. The monoisotopic (exact) mass is 409 g/mol. The Morgan fingerprint density at radius 3 is 1.93 bits per heavy atom. The van der Waals surface area contributed by atoms with Gasteiger partial charge in [0.05, 0.1) is 21.6 Å². The van der Waals surface area contributed by atoms with E-state index in [9.17, 15) is 30.1 Å². The Morgan fingerprint density at radius 1 is 0.867 bits per heavy atom. The molecule has 0 bridgehead atoms.